The quantitative estimate of drug-likeness (QED) is 0.281. The number of benzene rings is 3. The summed E-state index contributed by atoms with van der Waals surface area (Å²) in [6.45, 7) is 5.92. The summed E-state index contributed by atoms with van der Waals surface area (Å²) in [4.78, 5) is 33.8. The van der Waals surface area contributed by atoms with Crippen molar-refractivity contribution in [2.24, 2.45) is 0 Å². The SMILES string of the molecule is Cc1nc(-c2ccccc2)sc1C(=O)C1=C(O)C(=O)N(c2ccc(C(C)C)cc2)C1c1ccc(O)cc1. The molecule has 186 valence electrons. The monoisotopic (exact) mass is 510 g/mol. The molecular formula is C30H26N2O4S. The standard InChI is InChI=1S/C30H26N2O4S/c1-17(2)19-9-13-22(14-10-19)32-25(20-11-15-23(33)16-12-20)24(27(35)30(32)36)26(34)28-18(3)31-29(37-28)21-7-5-4-6-8-21/h4-17,25,33,35H,1-3H3. The van der Waals surface area contributed by atoms with E-state index in [0.29, 0.717) is 32.7 Å². The molecule has 37 heavy (non-hydrogen) atoms. The number of carbonyl (C=O) groups excluding carboxylic acids is 2. The molecule has 7 heteroatoms. The van der Waals surface area contributed by atoms with Gasteiger partial charge in [-0.1, -0.05) is 68.4 Å². The number of rotatable bonds is 6. The minimum absolute atomic E-state index is 0.00464. The Bertz CT molecular complexity index is 1500. The molecular weight excluding hydrogens is 484 g/mol. The van der Waals surface area contributed by atoms with Crippen molar-refractivity contribution in [3.63, 3.8) is 0 Å². The third-order valence-electron chi connectivity index (χ3n) is 6.52. The Kier molecular flexibility index (Phi) is 6.39. The third-order valence-corrected chi connectivity index (χ3v) is 7.73. The second-order valence-electron chi connectivity index (χ2n) is 9.31. The summed E-state index contributed by atoms with van der Waals surface area (Å²) < 4.78 is 0. The van der Waals surface area contributed by atoms with Gasteiger partial charge in [-0.2, -0.15) is 0 Å². The van der Waals surface area contributed by atoms with Crippen LogP contribution in [0.2, 0.25) is 0 Å². The van der Waals surface area contributed by atoms with Crippen molar-refractivity contribution in [3.8, 4) is 16.3 Å². The van der Waals surface area contributed by atoms with Gasteiger partial charge in [0.2, 0.25) is 5.78 Å². The number of anilines is 1. The molecule has 0 aliphatic carbocycles. The second-order valence-corrected chi connectivity index (χ2v) is 10.3. The second kappa shape index (κ2) is 9.67. The van der Waals surface area contributed by atoms with E-state index in [-0.39, 0.29) is 11.3 Å². The summed E-state index contributed by atoms with van der Waals surface area (Å²) in [5.74, 6) is -1.29. The Morgan fingerprint density at radius 1 is 0.946 bits per heavy atom. The first-order valence-corrected chi connectivity index (χ1v) is 12.8. The van der Waals surface area contributed by atoms with Crippen LogP contribution in [0.4, 0.5) is 5.69 Å². The van der Waals surface area contributed by atoms with Gasteiger partial charge >= 0.3 is 0 Å². The number of thiazole rings is 1. The number of hydrogen-bond acceptors (Lipinski definition) is 6. The number of nitrogens with zero attached hydrogens (tertiary/aromatic N) is 2. The lowest BCUT2D eigenvalue weighted by molar-refractivity contribution is -0.117. The fourth-order valence-corrected chi connectivity index (χ4v) is 5.55. The molecule has 1 aromatic heterocycles. The Morgan fingerprint density at radius 3 is 2.22 bits per heavy atom. The van der Waals surface area contributed by atoms with Crippen LogP contribution in [0.1, 0.15) is 52.3 Å². The third kappa shape index (κ3) is 4.42. The zero-order valence-electron chi connectivity index (χ0n) is 20.7. The first kappa shape index (κ1) is 24.5. The number of phenolic OH excluding ortho intramolecular Hbond substituents is 1. The van der Waals surface area contributed by atoms with Gasteiger partial charge < -0.3 is 10.2 Å². The maximum absolute atomic E-state index is 14.0. The molecule has 1 aliphatic heterocycles. The molecule has 3 aromatic carbocycles. The van der Waals surface area contributed by atoms with E-state index in [4.69, 9.17) is 0 Å². The molecule has 2 heterocycles. The van der Waals surface area contributed by atoms with Crippen LogP contribution in [-0.2, 0) is 4.79 Å². The molecule has 1 unspecified atom stereocenters. The number of Topliss-reactive ketones (excluding diaryl/α,β-unsaturated/α-hetero) is 1. The van der Waals surface area contributed by atoms with Gasteiger partial charge in [0.25, 0.3) is 5.91 Å². The topological polar surface area (TPSA) is 90.7 Å². The van der Waals surface area contributed by atoms with Gasteiger partial charge in [0, 0.05) is 11.3 Å². The molecule has 1 atom stereocenters. The minimum Gasteiger partial charge on any atom is -0.508 e. The number of aliphatic hydroxyl groups is 1. The summed E-state index contributed by atoms with van der Waals surface area (Å²) in [5, 5.41) is 21.6. The predicted octanol–water partition coefficient (Wildman–Crippen LogP) is 6.73. The summed E-state index contributed by atoms with van der Waals surface area (Å²) >= 11 is 1.24. The van der Waals surface area contributed by atoms with Crippen LogP contribution in [0.25, 0.3) is 10.6 Å². The summed E-state index contributed by atoms with van der Waals surface area (Å²) in [5.41, 5.74) is 3.68. The first-order chi connectivity index (χ1) is 17.8. The number of aromatic hydroxyl groups is 1. The van der Waals surface area contributed by atoms with Crippen LogP contribution in [0, 0.1) is 6.92 Å². The molecule has 1 amide bonds. The van der Waals surface area contributed by atoms with Crippen LogP contribution in [0.3, 0.4) is 0 Å². The zero-order valence-corrected chi connectivity index (χ0v) is 21.5. The Labute approximate surface area is 219 Å². The Balaban J connectivity index is 1.61. The molecule has 0 radical (unpaired) electrons. The zero-order chi connectivity index (χ0) is 26.3. The molecule has 2 N–H and O–H groups in total. The number of amides is 1. The van der Waals surface area contributed by atoms with Crippen LogP contribution in [0.5, 0.6) is 5.75 Å². The van der Waals surface area contributed by atoms with E-state index in [2.05, 4.69) is 18.8 Å². The average Bonchev–Trinajstić information content (AvgIpc) is 3.42. The maximum Gasteiger partial charge on any atom is 0.294 e. The number of aliphatic hydroxyl groups excluding tert-OH is 1. The Hall–Kier alpha value is -4.23. The highest BCUT2D eigenvalue weighted by molar-refractivity contribution is 7.17. The van der Waals surface area contributed by atoms with E-state index in [0.717, 1.165) is 11.1 Å². The fourth-order valence-electron chi connectivity index (χ4n) is 4.53. The van der Waals surface area contributed by atoms with E-state index in [1.54, 1.807) is 19.1 Å². The highest BCUT2D eigenvalue weighted by Gasteiger charge is 2.45. The first-order valence-electron chi connectivity index (χ1n) is 12.0. The van der Waals surface area contributed by atoms with Gasteiger partial charge in [0.15, 0.2) is 5.76 Å². The number of carbonyl (C=O) groups is 2. The summed E-state index contributed by atoms with van der Waals surface area (Å²) in [6.07, 6.45) is 0. The van der Waals surface area contributed by atoms with Crippen molar-refractivity contribution in [2.45, 2.75) is 32.7 Å². The van der Waals surface area contributed by atoms with Gasteiger partial charge in [0.1, 0.15) is 10.8 Å². The van der Waals surface area contributed by atoms with E-state index >= 15 is 0 Å². The molecule has 4 aromatic rings. The molecule has 1 aliphatic rings. The highest BCUT2D eigenvalue weighted by Crippen LogP contribution is 2.43. The van der Waals surface area contributed by atoms with Crippen molar-refractivity contribution in [3.05, 3.63) is 112 Å². The molecule has 5 rings (SSSR count). The van der Waals surface area contributed by atoms with Crippen LogP contribution in [0.15, 0.2) is 90.2 Å². The van der Waals surface area contributed by atoms with Crippen molar-refractivity contribution >= 4 is 28.7 Å². The van der Waals surface area contributed by atoms with Crippen LogP contribution < -0.4 is 4.90 Å². The largest absolute Gasteiger partial charge is 0.508 e. The van der Waals surface area contributed by atoms with Gasteiger partial charge in [-0.25, -0.2) is 4.98 Å². The van der Waals surface area contributed by atoms with E-state index < -0.39 is 23.5 Å². The normalized spacial score (nSPS) is 15.6. The molecule has 0 saturated heterocycles. The van der Waals surface area contributed by atoms with Crippen LogP contribution in [-0.4, -0.2) is 26.9 Å². The van der Waals surface area contributed by atoms with Crippen LogP contribution >= 0.6 is 11.3 Å². The lowest BCUT2D eigenvalue weighted by Crippen LogP contribution is -2.31. The average molecular weight is 511 g/mol. The Morgan fingerprint density at radius 2 is 1.59 bits per heavy atom. The molecule has 0 fully saturated rings. The van der Waals surface area contributed by atoms with Gasteiger partial charge in [-0.15, -0.1) is 11.3 Å². The van der Waals surface area contributed by atoms with Crippen molar-refractivity contribution in [1.82, 2.24) is 4.98 Å². The number of ketones is 1. The molecule has 0 spiro atoms. The minimum atomic E-state index is -0.868. The van der Waals surface area contributed by atoms with Crippen molar-refractivity contribution < 1.29 is 19.8 Å². The number of aryl methyl sites for hydroxylation is 1. The van der Waals surface area contributed by atoms with Crippen molar-refractivity contribution in [2.75, 3.05) is 4.90 Å². The lowest BCUT2D eigenvalue weighted by Gasteiger charge is -2.27. The lowest BCUT2D eigenvalue weighted by atomic mass is 9.94. The predicted molar refractivity (Wildman–Crippen MR) is 145 cm³/mol. The van der Waals surface area contributed by atoms with E-state index in [1.165, 1.54) is 28.4 Å². The molecule has 6 nitrogen and oxygen atoms in total. The maximum atomic E-state index is 14.0. The van der Waals surface area contributed by atoms with Crippen molar-refractivity contribution in [1.29, 1.82) is 0 Å². The van der Waals surface area contributed by atoms with E-state index in [1.807, 2.05) is 54.6 Å². The van der Waals surface area contributed by atoms with Gasteiger partial charge in [0.05, 0.1) is 22.2 Å². The summed E-state index contributed by atoms with van der Waals surface area (Å²) in [7, 11) is 0. The number of hydrogen-bond donors (Lipinski definition) is 2. The smallest absolute Gasteiger partial charge is 0.294 e. The van der Waals surface area contributed by atoms with Gasteiger partial charge in [-0.3, -0.25) is 14.5 Å². The number of phenols is 1. The van der Waals surface area contributed by atoms with E-state index in [9.17, 15) is 19.8 Å². The summed E-state index contributed by atoms with van der Waals surface area (Å²) in [6, 6.07) is 22.5. The van der Waals surface area contributed by atoms with Gasteiger partial charge in [-0.05, 0) is 48.2 Å². The molecule has 0 saturated carbocycles. The molecule has 0 bridgehead atoms. The number of aromatic nitrogens is 1. The highest BCUT2D eigenvalue weighted by atomic mass is 32.1. The fraction of sp³-hybridized carbons (Fsp3) is 0.167.